The first-order valence-corrected chi connectivity index (χ1v) is 16.1. The van der Waals surface area contributed by atoms with Crippen LogP contribution in [0.15, 0.2) is 60.8 Å². The molecule has 0 saturated carbocycles. The van der Waals surface area contributed by atoms with E-state index < -0.39 is 17.5 Å². The van der Waals surface area contributed by atoms with Crippen molar-refractivity contribution in [2.24, 2.45) is 0 Å². The smallest absolute Gasteiger partial charge is 0.319 e. The molecule has 4 aliphatic rings. The third-order valence-corrected chi connectivity index (χ3v) is 10.4. The maximum atomic E-state index is 16.9. The summed E-state index contributed by atoms with van der Waals surface area (Å²) >= 11 is 0. The van der Waals surface area contributed by atoms with Crippen molar-refractivity contribution in [2.75, 3.05) is 31.1 Å². The standard InChI is InChI=1S/C37H32F2N6O2/c1-2-21-7-5-8-22-12-27(46)13-28(31(21)22)33-32(39)34-29(15-40-33)35(44-18-25-10-11-26(19-44)41-25)43-36(42-34)47-20-37-14-24(38)17-45(37)16-23-6-3-4-9-30(23)37/h1,3-9,12-13,15,24-26,41,46H,10-11,14,16-20H2/t24-,25?,26?,37+/m1/s1. The number of nitrogens with one attached hydrogen (secondary N) is 1. The summed E-state index contributed by atoms with van der Waals surface area (Å²) in [5.74, 6) is 2.54. The maximum absolute atomic E-state index is 16.9. The lowest BCUT2D eigenvalue weighted by molar-refractivity contribution is 0.0826. The minimum Gasteiger partial charge on any atom is -0.508 e. The summed E-state index contributed by atoms with van der Waals surface area (Å²) in [4.78, 5) is 18.4. The quantitative estimate of drug-likeness (QED) is 0.248. The van der Waals surface area contributed by atoms with Crippen molar-refractivity contribution in [3.63, 3.8) is 0 Å². The van der Waals surface area contributed by atoms with E-state index >= 15 is 4.39 Å². The lowest BCUT2D eigenvalue weighted by atomic mass is 9.88. The van der Waals surface area contributed by atoms with Crippen LogP contribution < -0.4 is 15.0 Å². The lowest BCUT2D eigenvalue weighted by Gasteiger charge is -2.34. The molecule has 2 bridgehead atoms. The Hall–Kier alpha value is -4.85. The van der Waals surface area contributed by atoms with E-state index in [9.17, 15) is 9.50 Å². The topological polar surface area (TPSA) is 86.6 Å². The maximum Gasteiger partial charge on any atom is 0.319 e. The zero-order chi connectivity index (χ0) is 31.9. The van der Waals surface area contributed by atoms with Gasteiger partial charge in [0.1, 0.15) is 35.6 Å². The molecule has 0 aliphatic carbocycles. The van der Waals surface area contributed by atoms with Crippen molar-refractivity contribution < 1.29 is 18.6 Å². The van der Waals surface area contributed by atoms with E-state index in [1.807, 2.05) is 24.3 Å². The molecule has 4 atom stereocenters. The van der Waals surface area contributed by atoms with Crippen LogP contribution >= 0.6 is 0 Å². The molecule has 236 valence electrons. The number of benzene rings is 3. The van der Waals surface area contributed by atoms with Crippen LogP contribution in [-0.2, 0) is 12.1 Å². The second-order valence-electron chi connectivity index (χ2n) is 13.3. The number of alkyl halides is 1. The number of hydrogen-bond acceptors (Lipinski definition) is 8. The molecule has 6 heterocycles. The predicted octanol–water partition coefficient (Wildman–Crippen LogP) is 5.44. The number of phenols is 1. The van der Waals surface area contributed by atoms with E-state index in [2.05, 4.69) is 37.1 Å². The van der Waals surface area contributed by atoms with E-state index in [1.54, 1.807) is 24.4 Å². The fourth-order valence-corrected chi connectivity index (χ4v) is 8.40. The summed E-state index contributed by atoms with van der Waals surface area (Å²) in [5.41, 5.74) is 2.56. The van der Waals surface area contributed by atoms with Gasteiger partial charge in [-0.1, -0.05) is 42.3 Å². The molecule has 2 N–H and O–H groups in total. The molecule has 0 amide bonds. The number of anilines is 1. The van der Waals surface area contributed by atoms with Gasteiger partial charge in [-0.2, -0.15) is 9.97 Å². The van der Waals surface area contributed by atoms with Gasteiger partial charge in [0.15, 0.2) is 5.82 Å². The van der Waals surface area contributed by atoms with Crippen LogP contribution in [0.4, 0.5) is 14.6 Å². The number of hydrogen-bond donors (Lipinski definition) is 2. The first kappa shape index (κ1) is 28.4. The highest BCUT2D eigenvalue weighted by Gasteiger charge is 2.52. The number of fused-ring (bicyclic) bond motifs is 7. The highest BCUT2D eigenvalue weighted by atomic mass is 19.1. The van der Waals surface area contributed by atoms with Crippen molar-refractivity contribution in [1.82, 2.24) is 25.2 Å². The number of pyridine rings is 1. The van der Waals surface area contributed by atoms with Gasteiger partial charge in [0, 0.05) is 67.4 Å². The monoisotopic (exact) mass is 630 g/mol. The van der Waals surface area contributed by atoms with E-state index in [0.717, 1.165) is 24.0 Å². The van der Waals surface area contributed by atoms with Crippen LogP contribution in [0.3, 0.4) is 0 Å². The second kappa shape index (κ2) is 10.6. The van der Waals surface area contributed by atoms with Gasteiger partial charge in [0.25, 0.3) is 0 Å². The van der Waals surface area contributed by atoms with Crippen molar-refractivity contribution in [3.05, 3.63) is 83.3 Å². The first-order chi connectivity index (χ1) is 22.9. The minimum absolute atomic E-state index is 0.0163. The Balaban J connectivity index is 1.19. The summed E-state index contributed by atoms with van der Waals surface area (Å²) in [6.07, 6.45) is 8.89. The van der Waals surface area contributed by atoms with Crippen LogP contribution in [0.1, 0.15) is 36.0 Å². The zero-order valence-corrected chi connectivity index (χ0v) is 25.6. The van der Waals surface area contributed by atoms with Crippen molar-refractivity contribution in [1.29, 1.82) is 0 Å². The fraction of sp³-hybridized carbons (Fsp3) is 0.324. The van der Waals surface area contributed by atoms with Gasteiger partial charge in [0.05, 0.1) is 10.9 Å². The van der Waals surface area contributed by atoms with Crippen LogP contribution in [0.2, 0.25) is 0 Å². The van der Waals surface area contributed by atoms with Crippen molar-refractivity contribution >= 4 is 27.5 Å². The SMILES string of the molecule is C#Cc1cccc2cc(O)cc(-c3ncc4c(N5CC6CCC(C5)N6)nc(OC[C@]56C[C@@H](F)CN5Cc5ccccc56)nc4c3F)c12. The number of phenolic OH excluding ortho intramolecular Hbond substituents is 1. The Morgan fingerprint density at radius 3 is 2.72 bits per heavy atom. The minimum atomic E-state index is -0.979. The Morgan fingerprint density at radius 2 is 1.89 bits per heavy atom. The molecule has 10 heteroatoms. The highest BCUT2D eigenvalue weighted by molar-refractivity contribution is 6.02. The molecule has 0 radical (unpaired) electrons. The largest absolute Gasteiger partial charge is 0.508 e. The average Bonchev–Trinajstić information content (AvgIpc) is 3.69. The summed E-state index contributed by atoms with van der Waals surface area (Å²) in [5, 5.41) is 16.0. The first-order valence-electron chi connectivity index (χ1n) is 16.1. The molecular weight excluding hydrogens is 598 g/mol. The van der Waals surface area contributed by atoms with Gasteiger partial charge < -0.3 is 20.1 Å². The second-order valence-corrected chi connectivity index (χ2v) is 13.3. The lowest BCUT2D eigenvalue weighted by Crippen LogP contribution is -2.51. The number of ether oxygens (including phenoxy) is 1. The number of nitrogens with zero attached hydrogens (tertiary/aromatic N) is 5. The number of halogens is 2. The molecule has 9 rings (SSSR count). The zero-order valence-electron chi connectivity index (χ0n) is 25.6. The van der Waals surface area contributed by atoms with Crippen LogP contribution in [0.25, 0.3) is 32.9 Å². The average molecular weight is 631 g/mol. The summed E-state index contributed by atoms with van der Waals surface area (Å²) in [7, 11) is 0. The molecule has 47 heavy (non-hydrogen) atoms. The molecule has 0 spiro atoms. The molecular formula is C37H32F2N6O2. The number of rotatable bonds is 5. The van der Waals surface area contributed by atoms with E-state index in [1.165, 1.54) is 6.07 Å². The fourth-order valence-electron chi connectivity index (χ4n) is 8.40. The van der Waals surface area contributed by atoms with E-state index in [4.69, 9.17) is 16.1 Å². The molecule has 3 saturated heterocycles. The third kappa shape index (κ3) is 4.44. The summed E-state index contributed by atoms with van der Waals surface area (Å²) < 4.78 is 38.3. The predicted molar refractivity (Wildman–Crippen MR) is 176 cm³/mol. The molecule has 8 nitrogen and oxygen atoms in total. The molecule has 2 aromatic heterocycles. The van der Waals surface area contributed by atoms with Gasteiger partial charge >= 0.3 is 6.01 Å². The number of aromatic nitrogens is 3. The van der Waals surface area contributed by atoms with E-state index in [0.29, 0.717) is 77.8 Å². The van der Waals surface area contributed by atoms with Gasteiger partial charge in [-0.15, -0.1) is 6.42 Å². The van der Waals surface area contributed by atoms with Crippen LogP contribution in [0.5, 0.6) is 11.8 Å². The normalized spacial score (nSPS) is 24.9. The number of aromatic hydroxyl groups is 1. The van der Waals surface area contributed by atoms with Crippen molar-refractivity contribution in [3.8, 4) is 35.4 Å². The van der Waals surface area contributed by atoms with Crippen LogP contribution in [-0.4, -0.2) is 69.5 Å². The van der Waals surface area contributed by atoms with Gasteiger partial charge in [-0.05, 0) is 47.6 Å². The highest BCUT2D eigenvalue weighted by Crippen LogP contribution is 2.48. The molecule has 5 aromatic rings. The Kier molecular flexibility index (Phi) is 6.39. The Bertz CT molecular complexity index is 2120. The number of terminal acetylenes is 1. The summed E-state index contributed by atoms with van der Waals surface area (Å²) in [6, 6.07) is 17.2. The molecule has 4 aliphatic heterocycles. The molecule has 3 aromatic carbocycles. The molecule has 3 fully saturated rings. The van der Waals surface area contributed by atoms with Gasteiger partial charge in [0.2, 0.25) is 0 Å². The van der Waals surface area contributed by atoms with Crippen molar-refractivity contribution in [2.45, 2.75) is 49.6 Å². The third-order valence-electron chi connectivity index (χ3n) is 10.4. The van der Waals surface area contributed by atoms with Gasteiger partial charge in [-0.3, -0.25) is 9.88 Å². The number of piperazine rings is 1. The Labute approximate surface area is 270 Å². The van der Waals surface area contributed by atoms with Gasteiger partial charge in [-0.25, -0.2) is 8.78 Å². The Morgan fingerprint density at radius 1 is 1.06 bits per heavy atom. The van der Waals surface area contributed by atoms with E-state index in [-0.39, 0.29) is 29.6 Å². The van der Waals surface area contributed by atoms with Crippen LogP contribution in [0, 0.1) is 18.2 Å². The summed E-state index contributed by atoms with van der Waals surface area (Å²) in [6.45, 7) is 2.52. The molecule has 2 unspecified atom stereocenters.